The summed E-state index contributed by atoms with van der Waals surface area (Å²) in [6.07, 6.45) is 3.93. The zero-order valence-electron chi connectivity index (χ0n) is 15.2. The Kier molecular flexibility index (Phi) is 3.82. The number of nitrogens with zero attached hydrogens (tertiary/aromatic N) is 3. The van der Waals surface area contributed by atoms with E-state index in [-0.39, 0.29) is 11.1 Å². The second-order valence-corrected chi connectivity index (χ2v) is 7.74. The second-order valence-electron chi connectivity index (χ2n) is 7.74. The summed E-state index contributed by atoms with van der Waals surface area (Å²) < 4.78 is 40.0. The van der Waals surface area contributed by atoms with E-state index in [0.29, 0.717) is 22.6 Å². The first kappa shape index (κ1) is 17.4. The summed E-state index contributed by atoms with van der Waals surface area (Å²) in [6, 6.07) is 7.22. The minimum atomic E-state index is -4.42. The maximum atomic E-state index is 13.3. The molecule has 1 aliphatic carbocycles. The number of aliphatic imine (C=N–C) groups is 1. The second kappa shape index (κ2) is 6.15. The molecule has 2 aromatic heterocycles. The molecule has 28 heavy (non-hydrogen) atoms. The van der Waals surface area contributed by atoms with Crippen molar-refractivity contribution in [3.63, 3.8) is 0 Å². The molecule has 5 rings (SSSR count). The predicted octanol–water partition coefficient (Wildman–Crippen LogP) is 5.54. The van der Waals surface area contributed by atoms with Gasteiger partial charge in [-0.2, -0.15) is 13.2 Å². The number of benzene rings is 1. The smallest absolute Gasteiger partial charge is 0.336 e. The highest BCUT2D eigenvalue weighted by Crippen LogP contribution is 2.42. The summed E-state index contributed by atoms with van der Waals surface area (Å²) in [5.41, 5.74) is 2.01. The lowest BCUT2D eigenvalue weighted by atomic mass is 9.74. The van der Waals surface area contributed by atoms with Gasteiger partial charge < -0.3 is 4.98 Å². The van der Waals surface area contributed by atoms with E-state index in [9.17, 15) is 13.2 Å². The molecule has 0 bridgehead atoms. The minimum Gasteiger partial charge on any atom is -0.336 e. The van der Waals surface area contributed by atoms with Crippen LogP contribution in [0.5, 0.6) is 0 Å². The Morgan fingerprint density at radius 3 is 2.54 bits per heavy atom. The molecule has 1 N–H and O–H groups in total. The van der Waals surface area contributed by atoms with Crippen LogP contribution < -0.4 is 0 Å². The summed E-state index contributed by atoms with van der Waals surface area (Å²) in [5.74, 6) is 0.681. The van der Waals surface area contributed by atoms with Crippen LogP contribution in [0.25, 0.3) is 22.3 Å². The standard InChI is InChI=1S/C21H19F3N4/c22-21(23,24)15-7-3-2-6-14(15)13-10-16-18(25-12-13)27-19(26-16)17-11-20(28-17)8-4-1-5-9-20/h2-3,6-7,10,12H,1,4-5,8-9,11H2,(H,25,26,27). The van der Waals surface area contributed by atoms with Crippen LogP contribution in [0.1, 0.15) is 49.9 Å². The SMILES string of the molecule is FC(F)(F)c1ccccc1-c1cnc2nc(C3=NC4(CCCCC4)C3)[nH]c2c1. The van der Waals surface area contributed by atoms with Crippen molar-refractivity contribution < 1.29 is 13.2 Å². The van der Waals surface area contributed by atoms with Crippen molar-refractivity contribution in [1.29, 1.82) is 0 Å². The molecule has 7 heteroatoms. The molecule has 0 radical (unpaired) electrons. The normalized spacial score (nSPS) is 18.9. The van der Waals surface area contributed by atoms with Crippen LogP contribution in [0, 0.1) is 0 Å². The lowest BCUT2D eigenvalue weighted by Crippen LogP contribution is -2.41. The Bertz CT molecular complexity index is 1070. The molecule has 1 fully saturated rings. The maximum Gasteiger partial charge on any atom is 0.417 e. The van der Waals surface area contributed by atoms with E-state index < -0.39 is 11.7 Å². The summed E-state index contributed by atoms with van der Waals surface area (Å²) in [4.78, 5) is 16.8. The average Bonchev–Trinajstić information content (AvgIpc) is 3.09. The zero-order valence-corrected chi connectivity index (χ0v) is 15.2. The van der Waals surface area contributed by atoms with E-state index in [4.69, 9.17) is 4.99 Å². The Labute approximate surface area is 159 Å². The van der Waals surface area contributed by atoms with Gasteiger partial charge in [0.1, 0.15) is 0 Å². The number of halogens is 3. The summed E-state index contributed by atoms with van der Waals surface area (Å²) in [5, 5.41) is 0. The van der Waals surface area contributed by atoms with E-state index in [1.54, 1.807) is 12.1 Å². The first-order chi connectivity index (χ1) is 13.4. The molecule has 1 aliphatic heterocycles. The van der Waals surface area contributed by atoms with Crippen molar-refractivity contribution in [2.45, 2.75) is 50.2 Å². The Balaban J connectivity index is 1.50. The third kappa shape index (κ3) is 2.89. The number of pyridine rings is 1. The molecule has 1 spiro atoms. The van der Waals surface area contributed by atoms with Crippen LogP contribution in [-0.2, 0) is 6.18 Å². The van der Waals surface area contributed by atoms with Crippen LogP contribution in [0.4, 0.5) is 13.2 Å². The van der Waals surface area contributed by atoms with Crippen LogP contribution >= 0.6 is 0 Å². The first-order valence-electron chi connectivity index (χ1n) is 9.55. The molecule has 0 unspecified atom stereocenters. The van der Waals surface area contributed by atoms with Gasteiger partial charge >= 0.3 is 6.18 Å². The van der Waals surface area contributed by atoms with Crippen molar-refractivity contribution >= 4 is 16.9 Å². The quantitative estimate of drug-likeness (QED) is 0.631. The highest BCUT2D eigenvalue weighted by atomic mass is 19.4. The zero-order chi connectivity index (χ0) is 19.4. The first-order valence-corrected chi connectivity index (χ1v) is 9.55. The largest absolute Gasteiger partial charge is 0.417 e. The molecule has 1 saturated carbocycles. The molecule has 1 aromatic carbocycles. The van der Waals surface area contributed by atoms with E-state index in [1.807, 2.05) is 0 Å². The molecule has 0 saturated heterocycles. The number of fused-ring (bicyclic) bond motifs is 1. The Morgan fingerprint density at radius 2 is 1.79 bits per heavy atom. The summed E-state index contributed by atoms with van der Waals surface area (Å²) >= 11 is 0. The molecule has 144 valence electrons. The molecule has 0 amide bonds. The predicted molar refractivity (Wildman–Crippen MR) is 101 cm³/mol. The minimum absolute atomic E-state index is 0.0940. The van der Waals surface area contributed by atoms with Gasteiger partial charge in [0.05, 0.1) is 22.3 Å². The van der Waals surface area contributed by atoms with E-state index in [0.717, 1.165) is 31.0 Å². The van der Waals surface area contributed by atoms with Crippen LogP contribution in [0.15, 0.2) is 41.5 Å². The van der Waals surface area contributed by atoms with Crippen molar-refractivity contribution in [1.82, 2.24) is 15.0 Å². The van der Waals surface area contributed by atoms with Crippen molar-refractivity contribution in [3.8, 4) is 11.1 Å². The fraction of sp³-hybridized carbons (Fsp3) is 0.381. The van der Waals surface area contributed by atoms with E-state index in [1.165, 1.54) is 37.6 Å². The van der Waals surface area contributed by atoms with Gasteiger partial charge in [0.2, 0.25) is 0 Å². The number of alkyl halides is 3. The number of H-pyrrole nitrogens is 1. The van der Waals surface area contributed by atoms with Gasteiger partial charge in [0.25, 0.3) is 0 Å². The lowest BCUT2D eigenvalue weighted by Gasteiger charge is -2.41. The molecule has 3 aromatic rings. The molecule has 3 heterocycles. The monoisotopic (exact) mass is 384 g/mol. The molecule has 0 atom stereocenters. The average molecular weight is 384 g/mol. The number of aromatic amines is 1. The summed E-state index contributed by atoms with van der Waals surface area (Å²) in [7, 11) is 0. The van der Waals surface area contributed by atoms with Crippen LogP contribution in [-0.4, -0.2) is 26.2 Å². The highest BCUT2D eigenvalue weighted by Gasteiger charge is 2.41. The lowest BCUT2D eigenvalue weighted by molar-refractivity contribution is -0.137. The fourth-order valence-electron chi connectivity index (χ4n) is 4.39. The van der Waals surface area contributed by atoms with E-state index >= 15 is 0 Å². The summed E-state index contributed by atoms with van der Waals surface area (Å²) in [6.45, 7) is 0. The topological polar surface area (TPSA) is 53.9 Å². The number of nitrogens with one attached hydrogen (secondary N) is 1. The van der Waals surface area contributed by atoms with Gasteiger partial charge in [0.15, 0.2) is 11.5 Å². The number of imidazole rings is 1. The fourth-order valence-corrected chi connectivity index (χ4v) is 4.39. The highest BCUT2D eigenvalue weighted by molar-refractivity contribution is 6.04. The Morgan fingerprint density at radius 1 is 1.04 bits per heavy atom. The van der Waals surface area contributed by atoms with Gasteiger partial charge in [-0.3, -0.25) is 4.99 Å². The van der Waals surface area contributed by atoms with Crippen LogP contribution in [0.2, 0.25) is 0 Å². The Hall–Kier alpha value is -2.70. The van der Waals surface area contributed by atoms with Gasteiger partial charge in [-0.25, -0.2) is 9.97 Å². The van der Waals surface area contributed by atoms with Crippen LogP contribution in [0.3, 0.4) is 0 Å². The number of hydrogen-bond donors (Lipinski definition) is 1. The number of rotatable bonds is 2. The van der Waals surface area contributed by atoms with Crippen molar-refractivity contribution in [2.24, 2.45) is 4.99 Å². The third-order valence-electron chi connectivity index (χ3n) is 5.81. The molecular weight excluding hydrogens is 365 g/mol. The molecular formula is C21H19F3N4. The van der Waals surface area contributed by atoms with Gasteiger partial charge in [-0.1, -0.05) is 37.5 Å². The third-order valence-corrected chi connectivity index (χ3v) is 5.81. The number of hydrogen-bond acceptors (Lipinski definition) is 3. The molecule has 4 nitrogen and oxygen atoms in total. The van der Waals surface area contributed by atoms with Gasteiger partial charge in [0, 0.05) is 18.2 Å². The van der Waals surface area contributed by atoms with Gasteiger partial charge in [-0.15, -0.1) is 0 Å². The van der Waals surface area contributed by atoms with Crippen molar-refractivity contribution in [3.05, 3.63) is 47.9 Å². The van der Waals surface area contributed by atoms with Crippen molar-refractivity contribution in [2.75, 3.05) is 0 Å². The van der Waals surface area contributed by atoms with Gasteiger partial charge in [-0.05, 0) is 30.5 Å². The number of aromatic nitrogens is 3. The van der Waals surface area contributed by atoms with E-state index in [2.05, 4.69) is 15.0 Å². The maximum absolute atomic E-state index is 13.3. The molecule has 2 aliphatic rings.